The minimum absolute atomic E-state index is 0. The Kier molecular flexibility index (Phi) is 4.05. The summed E-state index contributed by atoms with van der Waals surface area (Å²) < 4.78 is 12.7. The lowest BCUT2D eigenvalue weighted by Gasteiger charge is -2.00. The highest BCUT2D eigenvalue weighted by Crippen LogP contribution is 2.13. The molecular weight excluding hydrogens is 181 g/mol. The van der Waals surface area contributed by atoms with E-state index >= 15 is 0 Å². The van der Waals surface area contributed by atoms with Crippen molar-refractivity contribution in [3.05, 3.63) is 29.6 Å². The van der Waals surface area contributed by atoms with E-state index in [9.17, 15) is 4.39 Å². The number of rotatable bonds is 1. The number of hydrogen-bond donors (Lipinski definition) is 2. The molecule has 0 unspecified atom stereocenters. The molecule has 0 heterocycles. The third kappa shape index (κ3) is 2.09. The maximum absolute atomic E-state index is 12.7. The average molecular weight is 188 g/mol. The van der Waals surface area contributed by atoms with Gasteiger partial charge in [0.2, 0.25) is 0 Å². The van der Waals surface area contributed by atoms with Crippen LogP contribution >= 0.6 is 12.4 Å². The first kappa shape index (κ1) is 10.7. The second-order valence-corrected chi connectivity index (χ2v) is 1.95. The number of nitrogens with zero attached hydrogens (tertiary/aromatic N) is 1. The van der Waals surface area contributed by atoms with E-state index in [1.807, 2.05) is 6.07 Å². The monoisotopic (exact) mass is 187 g/mol. The number of anilines is 1. The third-order valence-electron chi connectivity index (χ3n) is 1.25. The van der Waals surface area contributed by atoms with E-state index in [0.717, 1.165) is 0 Å². The summed E-state index contributed by atoms with van der Waals surface area (Å²) in [7, 11) is 0. The summed E-state index contributed by atoms with van der Waals surface area (Å²) in [6.45, 7) is 0. The molecule has 0 amide bonds. The molecule has 12 heavy (non-hydrogen) atoms. The number of hydrogen-bond acceptors (Lipinski definition) is 3. The molecule has 64 valence electrons. The standard InChI is InChI=1S/C7H6FN3.ClH/c8-6-2-1-5(4-9)3-7(6)11-10;/h1-3,11H,10H2;1H. The Bertz CT molecular complexity index is 308. The van der Waals surface area contributed by atoms with Gasteiger partial charge >= 0.3 is 0 Å². The molecule has 0 spiro atoms. The lowest BCUT2D eigenvalue weighted by molar-refractivity contribution is 0.630. The van der Waals surface area contributed by atoms with Gasteiger partial charge in [-0.15, -0.1) is 12.4 Å². The Labute approximate surface area is 75.4 Å². The largest absolute Gasteiger partial charge is 0.321 e. The van der Waals surface area contributed by atoms with Crippen molar-refractivity contribution in [3.8, 4) is 6.07 Å². The summed E-state index contributed by atoms with van der Waals surface area (Å²) in [5.74, 6) is 4.51. The summed E-state index contributed by atoms with van der Waals surface area (Å²) >= 11 is 0. The molecule has 0 saturated carbocycles. The van der Waals surface area contributed by atoms with Gasteiger partial charge < -0.3 is 5.43 Å². The minimum atomic E-state index is -0.466. The van der Waals surface area contributed by atoms with Crippen LogP contribution in [-0.2, 0) is 0 Å². The van der Waals surface area contributed by atoms with Gasteiger partial charge in [-0.3, -0.25) is 5.84 Å². The molecule has 0 aliphatic carbocycles. The van der Waals surface area contributed by atoms with Gasteiger partial charge in [-0.1, -0.05) is 0 Å². The van der Waals surface area contributed by atoms with E-state index in [1.54, 1.807) is 0 Å². The first-order valence-corrected chi connectivity index (χ1v) is 2.94. The van der Waals surface area contributed by atoms with Crippen LogP contribution in [-0.4, -0.2) is 0 Å². The first-order valence-electron chi connectivity index (χ1n) is 2.94. The smallest absolute Gasteiger partial charge is 0.147 e. The number of nitrogens with two attached hydrogens (primary N) is 1. The number of nitriles is 1. The third-order valence-corrected chi connectivity index (χ3v) is 1.25. The second-order valence-electron chi connectivity index (χ2n) is 1.95. The van der Waals surface area contributed by atoms with Gasteiger partial charge in [0.1, 0.15) is 5.82 Å². The van der Waals surface area contributed by atoms with E-state index < -0.39 is 5.82 Å². The normalized spacial score (nSPS) is 8.08. The van der Waals surface area contributed by atoms with Gasteiger partial charge in [-0.2, -0.15) is 5.26 Å². The Balaban J connectivity index is 0.00000121. The molecule has 1 aromatic carbocycles. The molecule has 0 aliphatic rings. The second kappa shape index (κ2) is 4.54. The average Bonchev–Trinajstić information content (AvgIpc) is 2.05. The number of hydrazine groups is 1. The molecule has 0 aromatic heterocycles. The molecule has 0 saturated heterocycles. The van der Waals surface area contributed by atoms with Crippen molar-refractivity contribution in [2.75, 3.05) is 5.43 Å². The highest BCUT2D eigenvalue weighted by molar-refractivity contribution is 5.85. The van der Waals surface area contributed by atoms with Crippen molar-refractivity contribution in [2.24, 2.45) is 5.84 Å². The van der Waals surface area contributed by atoms with E-state index in [2.05, 4.69) is 5.43 Å². The zero-order valence-electron chi connectivity index (χ0n) is 6.04. The fourth-order valence-electron chi connectivity index (χ4n) is 0.705. The molecule has 0 atom stereocenters. The summed E-state index contributed by atoms with van der Waals surface area (Å²) in [4.78, 5) is 0. The number of halogens is 2. The van der Waals surface area contributed by atoms with Crippen molar-refractivity contribution in [2.45, 2.75) is 0 Å². The summed E-state index contributed by atoms with van der Waals surface area (Å²) in [6, 6.07) is 5.78. The topological polar surface area (TPSA) is 61.8 Å². The van der Waals surface area contributed by atoms with E-state index in [0.29, 0.717) is 5.56 Å². The Morgan fingerprint density at radius 1 is 1.50 bits per heavy atom. The molecule has 0 radical (unpaired) electrons. The molecule has 3 N–H and O–H groups in total. The van der Waals surface area contributed by atoms with E-state index in [-0.39, 0.29) is 18.1 Å². The molecular formula is C7H7ClFN3. The maximum atomic E-state index is 12.7. The molecule has 0 aliphatic heterocycles. The van der Waals surface area contributed by atoms with Crippen LogP contribution in [0.5, 0.6) is 0 Å². The van der Waals surface area contributed by atoms with Crippen LogP contribution in [0.2, 0.25) is 0 Å². The Morgan fingerprint density at radius 2 is 2.17 bits per heavy atom. The lowest BCUT2D eigenvalue weighted by Crippen LogP contribution is -2.08. The molecule has 5 heteroatoms. The zero-order valence-corrected chi connectivity index (χ0v) is 6.86. The van der Waals surface area contributed by atoms with Crippen molar-refractivity contribution in [3.63, 3.8) is 0 Å². The van der Waals surface area contributed by atoms with Crippen LogP contribution in [0, 0.1) is 17.1 Å². The van der Waals surface area contributed by atoms with Gasteiger partial charge in [0.05, 0.1) is 17.3 Å². The van der Waals surface area contributed by atoms with Crippen LogP contribution < -0.4 is 11.3 Å². The van der Waals surface area contributed by atoms with Crippen molar-refractivity contribution in [1.29, 1.82) is 5.26 Å². The Hall–Kier alpha value is -1.31. The molecule has 1 aromatic rings. The van der Waals surface area contributed by atoms with Crippen molar-refractivity contribution >= 4 is 18.1 Å². The molecule has 0 fully saturated rings. The molecule has 1 rings (SSSR count). The highest BCUT2D eigenvalue weighted by Gasteiger charge is 1.99. The zero-order chi connectivity index (χ0) is 8.27. The van der Waals surface area contributed by atoms with Crippen molar-refractivity contribution < 1.29 is 4.39 Å². The maximum Gasteiger partial charge on any atom is 0.147 e. The number of nitrogen functional groups attached to an aromatic ring is 1. The number of nitrogens with one attached hydrogen (secondary N) is 1. The SMILES string of the molecule is Cl.N#Cc1ccc(F)c(NN)c1. The van der Waals surface area contributed by atoms with E-state index in [4.69, 9.17) is 11.1 Å². The van der Waals surface area contributed by atoms with Crippen LogP contribution in [0.4, 0.5) is 10.1 Å². The highest BCUT2D eigenvalue weighted by atomic mass is 35.5. The van der Waals surface area contributed by atoms with Gasteiger partial charge in [-0.05, 0) is 18.2 Å². The van der Waals surface area contributed by atoms with Crippen LogP contribution in [0.1, 0.15) is 5.56 Å². The molecule has 3 nitrogen and oxygen atoms in total. The predicted molar refractivity (Wildman–Crippen MR) is 46.2 cm³/mol. The van der Waals surface area contributed by atoms with Gasteiger partial charge in [0, 0.05) is 0 Å². The van der Waals surface area contributed by atoms with Crippen LogP contribution in [0.15, 0.2) is 18.2 Å². The minimum Gasteiger partial charge on any atom is -0.321 e. The van der Waals surface area contributed by atoms with Gasteiger partial charge in [0.25, 0.3) is 0 Å². The summed E-state index contributed by atoms with van der Waals surface area (Å²) in [5, 5.41) is 8.41. The van der Waals surface area contributed by atoms with Crippen LogP contribution in [0.3, 0.4) is 0 Å². The Morgan fingerprint density at radius 3 is 2.67 bits per heavy atom. The summed E-state index contributed by atoms with van der Waals surface area (Å²) in [6.07, 6.45) is 0. The number of benzene rings is 1. The fraction of sp³-hybridized carbons (Fsp3) is 0. The fourth-order valence-corrected chi connectivity index (χ4v) is 0.705. The molecule has 0 bridgehead atoms. The van der Waals surface area contributed by atoms with Crippen molar-refractivity contribution in [1.82, 2.24) is 0 Å². The van der Waals surface area contributed by atoms with Gasteiger partial charge in [0.15, 0.2) is 0 Å². The van der Waals surface area contributed by atoms with Crippen LogP contribution in [0.25, 0.3) is 0 Å². The predicted octanol–water partition coefficient (Wildman–Crippen LogP) is 1.40. The van der Waals surface area contributed by atoms with Gasteiger partial charge in [-0.25, -0.2) is 4.39 Å². The lowest BCUT2D eigenvalue weighted by atomic mass is 10.2. The quantitative estimate of drug-likeness (QED) is 0.516. The first-order chi connectivity index (χ1) is 5.27. The van der Waals surface area contributed by atoms with E-state index in [1.165, 1.54) is 18.2 Å². The summed E-state index contributed by atoms with van der Waals surface area (Å²) in [5.41, 5.74) is 2.65.